The summed E-state index contributed by atoms with van der Waals surface area (Å²) in [7, 11) is 0. The Balaban J connectivity index is 1.88. The van der Waals surface area contributed by atoms with Crippen LogP contribution in [0, 0.1) is 10.1 Å². The molecule has 2 aliphatic rings. The molecule has 0 radical (unpaired) electrons. The van der Waals surface area contributed by atoms with E-state index < -0.39 is 0 Å². The maximum absolute atomic E-state index is 11.3. The number of benzene rings is 1. The van der Waals surface area contributed by atoms with Crippen LogP contribution in [0.1, 0.15) is 5.56 Å². The van der Waals surface area contributed by atoms with Gasteiger partial charge in [0.1, 0.15) is 5.69 Å². The number of aliphatic hydroxyl groups excluding tert-OH is 1. The monoisotopic (exact) mass is 292 g/mol. The Kier molecular flexibility index (Phi) is 3.94. The van der Waals surface area contributed by atoms with E-state index in [9.17, 15) is 10.1 Å². The van der Waals surface area contributed by atoms with Crippen molar-refractivity contribution in [3.63, 3.8) is 0 Å². The molecule has 0 saturated carbocycles. The van der Waals surface area contributed by atoms with E-state index in [0.717, 1.165) is 56.1 Å². The summed E-state index contributed by atoms with van der Waals surface area (Å²) < 4.78 is 0. The van der Waals surface area contributed by atoms with Crippen LogP contribution in [0.3, 0.4) is 0 Å². The minimum absolute atomic E-state index is 0.158. The zero-order valence-electron chi connectivity index (χ0n) is 11.9. The molecule has 1 aromatic rings. The first-order valence-electron chi connectivity index (χ1n) is 7.33. The normalized spacial score (nSPS) is 18.4. The quantitative estimate of drug-likeness (QED) is 0.627. The highest BCUT2D eigenvalue weighted by Crippen LogP contribution is 2.39. The molecule has 0 spiro atoms. The molecule has 0 aliphatic carbocycles. The van der Waals surface area contributed by atoms with Crippen molar-refractivity contribution in [2.24, 2.45) is 0 Å². The molecule has 2 N–H and O–H groups in total. The number of aliphatic hydroxyl groups is 1. The number of β-amino-alcohol motifs (C(OH)–C–C–N with tert-alkyl or cyclic N) is 1. The molecule has 21 heavy (non-hydrogen) atoms. The molecule has 0 aromatic heterocycles. The first kappa shape index (κ1) is 14.1. The lowest BCUT2D eigenvalue weighted by Gasteiger charge is -2.36. The van der Waals surface area contributed by atoms with Crippen LogP contribution in [-0.4, -0.2) is 60.8 Å². The second-order valence-corrected chi connectivity index (χ2v) is 5.45. The lowest BCUT2D eigenvalue weighted by Crippen LogP contribution is -2.47. The molecular formula is C14H20N4O3. The molecule has 7 nitrogen and oxygen atoms in total. The van der Waals surface area contributed by atoms with Gasteiger partial charge in [-0.15, -0.1) is 0 Å². The van der Waals surface area contributed by atoms with Crippen molar-refractivity contribution in [2.75, 3.05) is 56.1 Å². The van der Waals surface area contributed by atoms with Gasteiger partial charge in [0.2, 0.25) is 0 Å². The zero-order chi connectivity index (χ0) is 14.8. The van der Waals surface area contributed by atoms with Crippen molar-refractivity contribution in [1.29, 1.82) is 0 Å². The Morgan fingerprint density at radius 1 is 1.29 bits per heavy atom. The largest absolute Gasteiger partial charge is 0.395 e. The van der Waals surface area contributed by atoms with Crippen LogP contribution in [0.15, 0.2) is 12.1 Å². The van der Waals surface area contributed by atoms with Crippen molar-refractivity contribution in [1.82, 2.24) is 4.90 Å². The van der Waals surface area contributed by atoms with Gasteiger partial charge in [-0.2, -0.15) is 0 Å². The fraction of sp³-hybridized carbons (Fsp3) is 0.571. The molecule has 0 atom stereocenters. The van der Waals surface area contributed by atoms with Crippen molar-refractivity contribution in [2.45, 2.75) is 6.42 Å². The zero-order valence-corrected chi connectivity index (χ0v) is 11.9. The van der Waals surface area contributed by atoms with Gasteiger partial charge in [0.05, 0.1) is 11.5 Å². The van der Waals surface area contributed by atoms with E-state index in [4.69, 9.17) is 5.11 Å². The lowest BCUT2D eigenvalue weighted by molar-refractivity contribution is -0.384. The maximum atomic E-state index is 11.3. The molecule has 2 aliphatic heterocycles. The topological polar surface area (TPSA) is 81.9 Å². The molecule has 7 heteroatoms. The number of nitrogens with one attached hydrogen (secondary N) is 1. The first-order chi connectivity index (χ1) is 10.2. The van der Waals surface area contributed by atoms with Crippen LogP contribution < -0.4 is 10.2 Å². The molecule has 114 valence electrons. The predicted molar refractivity (Wildman–Crippen MR) is 81.0 cm³/mol. The van der Waals surface area contributed by atoms with E-state index >= 15 is 0 Å². The molecule has 1 fully saturated rings. The third kappa shape index (κ3) is 2.66. The number of rotatable bonds is 4. The summed E-state index contributed by atoms with van der Waals surface area (Å²) in [6.45, 7) is 4.85. The fourth-order valence-corrected chi connectivity index (χ4v) is 3.20. The summed E-state index contributed by atoms with van der Waals surface area (Å²) in [6, 6.07) is 3.42. The predicted octanol–water partition coefficient (Wildman–Crippen LogP) is 0.677. The summed E-state index contributed by atoms with van der Waals surface area (Å²) in [6.07, 6.45) is 0.837. The van der Waals surface area contributed by atoms with Crippen molar-refractivity contribution < 1.29 is 10.0 Å². The van der Waals surface area contributed by atoms with E-state index in [-0.39, 0.29) is 17.2 Å². The Morgan fingerprint density at radius 2 is 2.05 bits per heavy atom. The minimum Gasteiger partial charge on any atom is -0.395 e. The maximum Gasteiger partial charge on any atom is 0.292 e. The SMILES string of the molecule is O=[N+]([O-])c1ccc2c(c1N1CCN(CCO)CC1)CCN2. The van der Waals surface area contributed by atoms with E-state index in [1.165, 1.54) is 0 Å². The van der Waals surface area contributed by atoms with Crippen LogP contribution in [0.4, 0.5) is 17.1 Å². The van der Waals surface area contributed by atoms with Gasteiger partial charge < -0.3 is 15.3 Å². The number of hydrogen-bond acceptors (Lipinski definition) is 6. The van der Waals surface area contributed by atoms with Gasteiger partial charge in [0.15, 0.2) is 0 Å². The first-order valence-corrected chi connectivity index (χ1v) is 7.33. The number of nitro benzene ring substituents is 1. The van der Waals surface area contributed by atoms with Crippen molar-refractivity contribution in [3.05, 3.63) is 27.8 Å². The Bertz CT molecular complexity index is 541. The molecule has 0 bridgehead atoms. The third-order valence-electron chi connectivity index (χ3n) is 4.25. The molecule has 3 rings (SSSR count). The van der Waals surface area contributed by atoms with E-state index in [1.807, 2.05) is 6.07 Å². The summed E-state index contributed by atoms with van der Waals surface area (Å²) in [5, 5.41) is 23.6. The number of fused-ring (bicyclic) bond motifs is 1. The third-order valence-corrected chi connectivity index (χ3v) is 4.25. The molecule has 2 heterocycles. The van der Waals surface area contributed by atoms with Crippen LogP contribution in [0.5, 0.6) is 0 Å². The highest BCUT2D eigenvalue weighted by Gasteiger charge is 2.29. The van der Waals surface area contributed by atoms with Crippen molar-refractivity contribution >= 4 is 17.1 Å². The fourth-order valence-electron chi connectivity index (χ4n) is 3.20. The summed E-state index contributed by atoms with van der Waals surface area (Å²) in [5.74, 6) is 0. The summed E-state index contributed by atoms with van der Waals surface area (Å²) in [5.41, 5.74) is 3.08. The summed E-state index contributed by atoms with van der Waals surface area (Å²) in [4.78, 5) is 15.4. The number of anilines is 2. The van der Waals surface area contributed by atoms with Gasteiger partial charge in [0.25, 0.3) is 5.69 Å². The second-order valence-electron chi connectivity index (χ2n) is 5.45. The van der Waals surface area contributed by atoms with E-state index in [2.05, 4.69) is 15.1 Å². The second kappa shape index (κ2) is 5.87. The highest BCUT2D eigenvalue weighted by atomic mass is 16.6. The van der Waals surface area contributed by atoms with E-state index in [0.29, 0.717) is 6.54 Å². The number of nitrogens with zero attached hydrogens (tertiary/aromatic N) is 3. The minimum atomic E-state index is -0.284. The van der Waals surface area contributed by atoms with Gasteiger partial charge in [-0.1, -0.05) is 0 Å². The molecule has 1 saturated heterocycles. The Labute approximate surface area is 123 Å². The molecule has 0 unspecified atom stereocenters. The number of hydrogen-bond donors (Lipinski definition) is 2. The number of piperazine rings is 1. The lowest BCUT2D eigenvalue weighted by atomic mass is 10.1. The smallest absolute Gasteiger partial charge is 0.292 e. The Morgan fingerprint density at radius 3 is 2.71 bits per heavy atom. The van der Waals surface area contributed by atoms with Crippen molar-refractivity contribution in [3.8, 4) is 0 Å². The number of nitro groups is 1. The van der Waals surface area contributed by atoms with Gasteiger partial charge in [-0.3, -0.25) is 15.0 Å². The molecule has 1 aromatic carbocycles. The molecular weight excluding hydrogens is 272 g/mol. The van der Waals surface area contributed by atoms with Gasteiger partial charge in [-0.25, -0.2) is 0 Å². The Hall–Kier alpha value is -1.86. The average Bonchev–Trinajstić information content (AvgIpc) is 2.95. The van der Waals surface area contributed by atoms with Crippen LogP contribution in [-0.2, 0) is 6.42 Å². The summed E-state index contributed by atoms with van der Waals surface area (Å²) >= 11 is 0. The average molecular weight is 292 g/mol. The van der Waals surface area contributed by atoms with Crippen LogP contribution >= 0.6 is 0 Å². The highest BCUT2D eigenvalue weighted by molar-refractivity contribution is 5.78. The standard InChI is InChI=1S/C14H20N4O3/c19-10-9-16-5-7-17(8-6-16)14-11-3-4-15-12(11)1-2-13(14)18(20)21/h1-2,15,19H,3-10H2. The van der Waals surface area contributed by atoms with Crippen LogP contribution in [0.2, 0.25) is 0 Å². The van der Waals surface area contributed by atoms with Gasteiger partial charge in [-0.05, 0) is 12.5 Å². The van der Waals surface area contributed by atoms with Gasteiger partial charge in [0, 0.05) is 56.6 Å². The van der Waals surface area contributed by atoms with Crippen LogP contribution in [0.25, 0.3) is 0 Å². The van der Waals surface area contributed by atoms with Gasteiger partial charge >= 0.3 is 0 Å². The van der Waals surface area contributed by atoms with E-state index in [1.54, 1.807) is 6.07 Å². The molecule has 0 amide bonds.